The van der Waals surface area contributed by atoms with E-state index in [1.807, 2.05) is 56.0 Å². The van der Waals surface area contributed by atoms with Crippen molar-refractivity contribution < 1.29 is 4.74 Å². The number of para-hydroxylation sites is 1. The van der Waals surface area contributed by atoms with Crippen molar-refractivity contribution in [1.82, 2.24) is 9.78 Å². The van der Waals surface area contributed by atoms with Gasteiger partial charge >= 0.3 is 0 Å². The third kappa shape index (κ3) is 2.41. The molecule has 1 N–H and O–H groups in total. The predicted octanol–water partition coefficient (Wildman–Crippen LogP) is 2.35. The van der Waals surface area contributed by atoms with Crippen molar-refractivity contribution >= 4 is 5.82 Å². The Morgan fingerprint density at radius 2 is 2.00 bits per heavy atom. The molecule has 2 rings (SSSR count). The highest BCUT2D eigenvalue weighted by molar-refractivity contribution is 5.46. The number of ether oxygens (including phenoxy) is 1. The van der Waals surface area contributed by atoms with Gasteiger partial charge in [0.15, 0.2) is 0 Å². The fourth-order valence-electron chi connectivity index (χ4n) is 1.86. The van der Waals surface area contributed by atoms with Crippen molar-refractivity contribution in [1.29, 1.82) is 0 Å². The number of aryl methyl sites for hydroxylation is 2. The maximum Gasteiger partial charge on any atom is 0.130 e. The zero-order chi connectivity index (χ0) is 12.3. The van der Waals surface area contributed by atoms with Crippen LogP contribution in [0.1, 0.15) is 11.3 Å². The number of aromatic nitrogens is 2. The van der Waals surface area contributed by atoms with Crippen molar-refractivity contribution in [3.63, 3.8) is 0 Å². The second-order valence-electron chi connectivity index (χ2n) is 3.89. The molecule has 4 nitrogen and oxygen atoms in total. The highest BCUT2D eigenvalue weighted by atomic mass is 16.5. The van der Waals surface area contributed by atoms with Gasteiger partial charge < -0.3 is 10.1 Å². The summed E-state index contributed by atoms with van der Waals surface area (Å²) in [7, 11) is 3.81. The minimum atomic E-state index is 0.528. The minimum Gasteiger partial charge on any atom is -0.489 e. The third-order valence-electron chi connectivity index (χ3n) is 2.71. The first-order valence-electron chi connectivity index (χ1n) is 5.60. The largest absolute Gasteiger partial charge is 0.489 e. The summed E-state index contributed by atoms with van der Waals surface area (Å²) < 4.78 is 7.57. The number of hydrogen-bond donors (Lipinski definition) is 1. The Hall–Kier alpha value is -1.97. The lowest BCUT2D eigenvalue weighted by Gasteiger charge is -2.08. The fourth-order valence-corrected chi connectivity index (χ4v) is 1.86. The summed E-state index contributed by atoms with van der Waals surface area (Å²) in [5.74, 6) is 1.87. The van der Waals surface area contributed by atoms with Crippen LogP contribution in [0.5, 0.6) is 5.75 Å². The summed E-state index contributed by atoms with van der Waals surface area (Å²) in [6.07, 6.45) is 0. The van der Waals surface area contributed by atoms with Crippen LogP contribution in [0.2, 0.25) is 0 Å². The number of nitrogens with one attached hydrogen (secondary N) is 1. The van der Waals surface area contributed by atoms with Gasteiger partial charge in [-0.3, -0.25) is 4.68 Å². The molecule has 0 spiro atoms. The number of rotatable bonds is 4. The van der Waals surface area contributed by atoms with Crippen LogP contribution >= 0.6 is 0 Å². The van der Waals surface area contributed by atoms with Crippen LogP contribution in [0.25, 0.3) is 0 Å². The Labute approximate surface area is 101 Å². The van der Waals surface area contributed by atoms with E-state index in [2.05, 4.69) is 10.4 Å². The molecule has 0 bridgehead atoms. The van der Waals surface area contributed by atoms with Gasteiger partial charge in [-0.25, -0.2) is 0 Å². The predicted molar refractivity (Wildman–Crippen MR) is 68.3 cm³/mol. The molecule has 1 heterocycles. The summed E-state index contributed by atoms with van der Waals surface area (Å²) in [4.78, 5) is 0. The Balaban J connectivity index is 2.14. The van der Waals surface area contributed by atoms with Crippen LogP contribution < -0.4 is 10.1 Å². The molecule has 0 fully saturated rings. The normalized spacial score (nSPS) is 10.3. The van der Waals surface area contributed by atoms with Crippen LogP contribution in [0.3, 0.4) is 0 Å². The molecule has 0 unspecified atom stereocenters. The van der Waals surface area contributed by atoms with E-state index in [0.29, 0.717) is 6.61 Å². The van der Waals surface area contributed by atoms with Crippen LogP contribution in [-0.4, -0.2) is 16.8 Å². The molecular weight excluding hydrogens is 214 g/mol. The van der Waals surface area contributed by atoms with E-state index in [0.717, 1.165) is 22.8 Å². The lowest BCUT2D eigenvalue weighted by atomic mass is 10.2. The molecule has 0 aliphatic carbocycles. The van der Waals surface area contributed by atoms with Gasteiger partial charge in [0.2, 0.25) is 0 Å². The summed E-state index contributed by atoms with van der Waals surface area (Å²) in [6, 6.07) is 9.80. The van der Waals surface area contributed by atoms with Gasteiger partial charge in [0.25, 0.3) is 0 Å². The highest BCUT2D eigenvalue weighted by Crippen LogP contribution is 2.20. The van der Waals surface area contributed by atoms with Crippen LogP contribution in [0.15, 0.2) is 30.3 Å². The van der Waals surface area contributed by atoms with Gasteiger partial charge in [-0.1, -0.05) is 18.2 Å². The molecule has 0 saturated carbocycles. The SMILES string of the molecule is CNc1c(COc2ccccc2)c(C)nn1C. The standard InChI is InChI=1S/C13H17N3O/c1-10-12(13(14-2)16(3)15-10)9-17-11-7-5-4-6-8-11/h4-8,14H,9H2,1-3H3. The lowest BCUT2D eigenvalue weighted by Crippen LogP contribution is -2.03. The van der Waals surface area contributed by atoms with E-state index in [1.54, 1.807) is 0 Å². The monoisotopic (exact) mass is 231 g/mol. The molecule has 0 radical (unpaired) electrons. The molecule has 1 aromatic carbocycles. The van der Waals surface area contributed by atoms with E-state index in [-0.39, 0.29) is 0 Å². The van der Waals surface area contributed by atoms with Crippen molar-refractivity contribution in [2.45, 2.75) is 13.5 Å². The average Bonchev–Trinajstić information content (AvgIpc) is 2.62. The first-order chi connectivity index (χ1) is 8.22. The summed E-state index contributed by atoms with van der Waals surface area (Å²) >= 11 is 0. The molecule has 90 valence electrons. The second-order valence-corrected chi connectivity index (χ2v) is 3.89. The van der Waals surface area contributed by atoms with Gasteiger partial charge in [0.1, 0.15) is 18.2 Å². The molecule has 0 amide bonds. The topological polar surface area (TPSA) is 39.1 Å². The maximum absolute atomic E-state index is 5.74. The first-order valence-corrected chi connectivity index (χ1v) is 5.60. The smallest absolute Gasteiger partial charge is 0.130 e. The highest BCUT2D eigenvalue weighted by Gasteiger charge is 2.12. The van der Waals surface area contributed by atoms with Crippen molar-refractivity contribution in [2.75, 3.05) is 12.4 Å². The Morgan fingerprint density at radius 3 is 2.65 bits per heavy atom. The van der Waals surface area contributed by atoms with E-state index in [1.165, 1.54) is 0 Å². The number of anilines is 1. The summed E-state index contributed by atoms with van der Waals surface area (Å²) in [6.45, 7) is 2.52. The molecular formula is C13H17N3O. The number of benzene rings is 1. The van der Waals surface area contributed by atoms with Crippen LogP contribution in [0.4, 0.5) is 5.82 Å². The van der Waals surface area contributed by atoms with Gasteiger partial charge in [0.05, 0.1) is 11.3 Å². The summed E-state index contributed by atoms with van der Waals surface area (Å²) in [5.41, 5.74) is 2.09. The zero-order valence-electron chi connectivity index (χ0n) is 10.4. The number of nitrogens with zero attached hydrogens (tertiary/aromatic N) is 2. The quantitative estimate of drug-likeness (QED) is 0.878. The van der Waals surface area contributed by atoms with E-state index < -0.39 is 0 Å². The van der Waals surface area contributed by atoms with E-state index in [4.69, 9.17) is 4.74 Å². The van der Waals surface area contributed by atoms with Gasteiger partial charge in [-0.2, -0.15) is 5.10 Å². The Kier molecular flexibility index (Phi) is 3.32. The van der Waals surface area contributed by atoms with Crippen LogP contribution in [0, 0.1) is 6.92 Å². The molecule has 4 heteroatoms. The van der Waals surface area contributed by atoms with Crippen molar-refractivity contribution in [2.24, 2.45) is 7.05 Å². The molecule has 0 aliphatic heterocycles. The van der Waals surface area contributed by atoms with Gasteiger partial charge in [-0.05, 0) is 19.1 Å². The lowest BCUT2D eigenvalue weighted by molar-refractivity contribution is 0.306. The van der Waals surface area contributed by atoms with E-state index >= 15 is 0 Å². The molecule has 0 aliphatic rings. The third-order valence-corrected chi connectivity index (χ3v) is 2.71. The van der Waals surface area contributed by atoms with Crippen molar-refractivity contribution in [3.05, 3.63) is 41.6 Å². The Bertz CT molecular complexity index is 491. The summed E-state index contributed by atoms with van der Waals surface area (Å²) in [5, 5.41) is 7.51. The van der Waals surface area contributed by atoms with Gasteiger partial charge in [0, 0.05) is 14.1 Å². The van der Waals surface area contributed by atoms with Gasteiger partial charge in [-0.15, -0.1) is 0 Å². The van der Waals surface area contributed by atoms with Crippen molar-refractivity contribution in [3.8, 4) is 5.75 Å². The molecule has 17 heavy (non-hydrogen) atoms. The average molecular weight is 231 g/mol. The molecule has 0 atom stereocenters. The van der Waals surface area contributed by atoms with Crippen LogP contribution in [-0.2, 0) is 13.7 Å². The minimum absolute atomic E-state index is 0.528. The molecule has 2 aromatic rings. The molecule has 0 saturated heterocycles. The fraction of sp³-hybridized carbons (Fsp3) is 0.308. The zero-order valence-corrected chi connectivity index (χ0v) is 10.4. The molecule has 1 aromatic heterocycles. The first kappa shape index (κ1) is 11.5. The maximum atomic E-state index is 5.74. The number of hydrogen-bond acceptors (Lipinski definition) is 3. The Morgan fingerprint density at radius 1 is 1.29 bits per heavy atom. The van der Waals surface area contributed by atoms with E-state index in [9.17, 15) is 0 Å². The second kappa shape index (κ2) is 4.91.